The van der Waals surface area contributed by atoms with E-state index in [0.29, 0.717) is 26.3 Å². The number of benzene rings is 1. The summed E-state index contributed by atoms with van der Waals surface area (Å²) in [6, 6.07) is 8.54. The lowest BCUT2D eigenvalue weighted by molar-refractivity contribution is -0.119. The van der Waals surface area contributed by atoms with Crippen molar-refractivity contribution in [3.05, 3.63) is 35.4 Å². The molecular weight excluding hydrogens is 330 g/mol. The number of β-amino-alcohol motifs (C(OH)–C–C–N with tert-alkyl or cyclic N) is 1. The van der Waals surface area contributed by atoms with Crippen molar-refractivity contribution in [1.29, 1.82) is 0 Å². The van der Waals surface area contributed by atoms with E-state index in [1.807, 2.05) is 4.90 Å². The molecule has 0 radical (unpaired) electrons. The van der Waals surface area contributed by atoms with Crippen LogP contribution in [-0.2, 0) is 22.6 Å². The molecule has 0 aliphatic carbocycles. The van der Waals surface area contributed by atoms with Gasteiger partial charge in [-0.1, -0.05) is 37.6 Å². The van der Waals surface area contributed by atoms with Gasteiger partial charge in [0.15, 0.2) is 0 Å². The summed E-state index contributed by atoms with van der Waals surface area (Å²) < 4.78 is 5.67. The van der Waals surface area contributed by atoms with Crippen molar-refractivity contribution in [1.82, 2.24) is 9.80 Å². The molecule has 0 saturated carbocycles. The van der Waals surface area contributed by atoms with E-state index in [2.05, 4.69) is 36.1 Å². The van der Waals surface area contributed by atoms with E-state index >= 15 is 0 Å². The van der Waals surface area contributed by atoms with Gasteiger partial charge in [0.1, 0.15) is 0 Å². The minimum atomic E-state index is -0.499. The summed E-state index contributed by atoms with van der Waals surface area (Å²) in [6.07, 6.45) is 3.06. The molecule has 1 unspecified atom stereocenters. The molecule has 1 heterocycles. The Labute approximate surface area is 156 Å². The van der Waals surface area contributed by atoms with Gasteiger partial charge >= 0.3 is 0 Å². The van der Waals surface area contributed by atoms with Gasteiger partial charge in [-0.3, -0.25) is 14.6 Å². The normalized spacial score (nSPS) is 17.3. The van der Waals surface area contributed by atoms with Crippen LogP contribution in [0, 0.1) is 0 Å². The van der Waals surface area contributed by atoms with Crippen molar-refractivity contribution >= 4 is 5.91 Å². The fraction of sp³-hybridized carbons (Fsp3) is 0.650. The Hall–Kier alpha value is -1.47. The van der Waals surface area contributed by atoms with Gasteiger partial charge in [0.25, 0.3) is 0 Å². The minimum absolute atomic E-state index is 0.287. The SMILES string of the molecule is CCCCc1ccc(COCC(O)CN2CCN(CC(N)=O)CC2)cc1. The lowest BCUT2D eigenvalue weighted by atomic mass is 10.1. The highest BCUT2D eigenvalue weighted by Gasteiger charge is 2.20. The second-order valence-corrected chi connectivity index (χ2v) is 7.13. The van der Waals surface area contributed by atoms with Crippen LogP contribution in [0.15, 0.2) is 24.3 Å². The molecule has 146 valence electrons. The molecule has 1 amide bonds. The number of ether oxygens (including phenoxy) is 1. The van der Waals surface area contributed by atoms with Crippen LogP contribution in [0.5, 0.6) is 0 Å². The highest BCUT2D eigenvalue weighted by molar-refractivity contribution is 5.75. The van der Waals surface area contributed by atoms with Crippen molar-refractivity contribution < 1.29 is 14.6 Å². The molecular formula is C20H33N3O3. The summed E-state index contributed by atoms with van der Waals surface area (Å²) in [4.78, 5) is 15.2. The number of hydrogen-bond donors (Lipinski definition) is 2. The highest BCUT2D eigenvalue weighted by atomic mass is 16.5. The molecule has 1 aliphatic rings. The van der Waals surface area contributed by atoms with Crippen LogP contribution in [0.25, 0.3) is 0 Å². The zero-order valence-corrected chi connectivity index (χ0v) is 15.9. The quantitative estimate of drug-likeness (QED) is 0.613. The molecule has 1 fully saturated rings. The standard InChI is InChI=1S/C20H33N3O3/c1-2-3-4-17-5-7-18(8-6-17)15-26-16-19(24)13-22-9-11-23(12-10-22)14-20(21)25/h5-8,19,24H,2-4,9-16H2,1H3,(H2,21,25). The molecule has 3 N–H and O–H groups in total. The average molecular weight is 364 g/mol. The monoisotopic (exact) mass is 363 g/mol. The molecule has 1 aromatic carbocycles. The zero-order chi connectivity index (χ0) is 18.8. The topological polar surface area (TPSA) is 79.0 Å². The molecule has 6 nitrogen and oxygen atoms in total. The lowest BCUT2D eigenvalue weighted by Gasteiger charge is -2.34. The summed E-state index contributed by atoms with van der Waals surface area (Å²) in [5, 5.41) is 10.2. The molecule has 2 rings (SSSR count). The van der Waals surface area contributed by atoms with Gasteiger partial charge in [-0.15, -0.1) is 0 Å². The fourth-order valence-corrected chi connectivity index (χ4v) is 3.20. The van der Waals surface area contributed by atoms with Crippen LogP contribution in [-0.4, -0.2) is 72.8 Å². The van der Waals surface area contributed by atoms with Crippen LogP contribution < -0.4 is 5.73 Å². The van der Waals surface area contributed by atoms with Gasteiger partial charge in [-0.25, -0.2) is 0 Å². The van der Waals surface area contributed by atoms with E-state index in [1.165, 1.54) is 18.4 Å². The zero-order valence-electron chi connectivity index (χ0n) is 15.9. The van der Waals surface area contributed by atoms with Gasteiger partial charge in [0.2, 0.25) is 5.91 Å². The van der Waals surface area contributed by atoms with Gasteiger partial charge < -0.3 is 15.6 Å². The molecule has 0 spiro atoms. The maximum atomic E-state index is 10.9. The largest absolute Gasteiger partial charge is 0.389 e. The summed E-state index contributed by atoms with van der Waals surface area (Å²) in [5.74, 6) is -0.287. The Kier molecular flexibility index (Phi) is 9.05. The van der Waals surface area contributed by atoms with Gasteiger partial charge in [0.05, 0.1) is 25.9 Å². The summed E-state index contributed by atoms with van der Waals surface area (Å²) in [5.41, 5.74) is 7.72. The maximum Gasteiger partial charge on any atom is 0.231 e. The Morgan fingerprint density at radius 2 is 1.77 bits per heavy atom. The van der Waals surface area contributed by atoms with E-state index in [9.17, 15) is 9.90 Å². The summed E-state index contributed by atoms with van der Waals surface area (Å²) in [6.45, 7) is 7.26. The predicted molar refractivity (Wildman–Crippen MR) is 103 cm³/mol. The van der Waals surface area contributed by atoms with E-state index in [4.69, 9.17) is 10.5 Å². The third-order valence-corrected chi connectivity index (χ3v) is 4.73. The van der Waals surface area contributed by atoms with Crippen molar-refractivity contribution in [3.63, 3.8) is 0 Å². The van der Waals surface area contributed by atoms with Crippen LogP contribution in [0.3, 0.4) is 0 Å². The second kappa shape index (κ2) is 11.3. The second-order valence-electron chi connectivity index (χ2n) is 7.13. The van der Waals surface area contributed by atoms with Gasteiger partial charge in [-0.05, 0) is 24.0 Å². The van der Waals surface area contributed by atoms with Crippen LogP contribution in [0.1, 0.15) is 30.9 Å². The third kappa shape index (κ3) is 7.83. The summed E-state index contributed by atoms with van der Waals surface area (Å²) >= 11 is 0. The number of nitrogens with zero attached hydrogens (tertiary/aromatic N) is 2. The molecule has 1 atom stereocenters. The molecule has 26 heavy (non-hydrogen) atoms. The van der Waals surface area contributed by atoms with Gasteiger partial charge in [0, 0.05) is 32.7 Å². The number of carbonyl (C=O) groups is 1. The first kappa shape index (κ1) is 20.8. The number of piperazine rings is 1. The number of aliphatic hydroxyl groups excluding tert-OH is 1. The molecule has 1 saturated heterocycles. The Morgan fingerprint density at radius 1 is 1.15 bits per heavy atom. The van der Waals surface area contributed by atoms with Crippen molar-refractivity contribution in [2.45, 2.75) is 38.9 Å². The third-order valence-electron chi connectivity index (χ3n) is 4.73. The number of primary amides is 1. The van der Waals surface area contributed by atoms with Gasteiger partial charge in [-0.2, -0.15) is 0 Å². The number of carbonyl (C=O) groups excluding carboxylic acids is 1. The van der Waals surface area contributed by atoms with E-state index in [1.54, 1.807) is 0 Å². The van der Waals surface area contributed by atoms with Crippen molar-refractivity contribution in [2.75, 3.05) is 45.9 Å². The number of nitrogens with two attached hydrogens (primary N) is 1. The van der Waals surface area contributed by atoms with Crippen LogP contribution in [0.4, 0.5) is 0 Å². The first-order chi connectivity index (χ1) is 12.6. The fourth-order valence-electron chi connectivity index (χ4n) is 3.20. The first-order valence-electron chi connectivity index (χ1n) is 9.63. The van der Waals surface area contributed by atoms with E-state index in [-0.39, 0.29) is 5.91 Å². The molecule has 6 heteroatoms. The number of aliphatic hydroxyl groups is 1. The van der Waals surface area contributed by atoms with Crippen molar-refractivity contribution in [3.8, 4) is 0 Å². The number of amides is 1. The lowest BCUT2D eigenvalue weighted by Crippen LogP contribution is -2.50. The van der Waals surface area contributed by atoms with Crippen LogP contribution in [0.2, 0.25) is 0 Å². The number of unbranched alkanes of at least 4 members (excludes halogenated alkanes) is 1. The maximum absolute atomic E-state index is 10.9. The molecule has 0 bridgehead atoms. The Morgan fingerprint density at radius 3 is 2.38 bits per heavy atom. The van der Waals surface area contributed by atoms with E-state index in [0.717, 1.165) is 38.2 Å². The highest BCUT2D eigenvalue weighted by Crippen LogP contribution is 2.09. The Bertz CT molecular complexity index is 528. The average Bonchev–Trinajstić information content (AvgIpc) is 2.62. The number of hydrogen-bond acceptors (Lipinski definition) is 5. The molecule has 0 aromatic heterocycles. The van der Waals surface area contributed by atoms with Crippen LogP contribution >= 0.6 is 0 Å². The molecule has 1 aromatic rings. The minimum Gasteiger partial charge on any atom is -0.389 e. The summed E-state index contributed by atoms with van der Waals surface area (Å²) in [7, 11) is 0. The predicted octanol–water partition coefficient (Wildman–Crippen LogP) is 1.01. The Balaban J connectivity index is 1.60. The number of aryl methyl sites for hydroxylation is 1. The van der Waals surface area contributed by atoms with Crippen molar-refractivity contribution in [2.24, 2.45) is 5.73 Å². The smallest absolute Gasteiger partial charge is 0.231 e. The van der Waals surface area contributed by atoms with E-state index < -0.39 is 6.10 Å². The first-order valence-corrected chi connectivity index (χ1v) is 9.63. The number of rotatable bonds is 11. The molecule has 1 aliphatic heterocycles.